The van der Waals surface area contributed by atoms with Crippen LogP contribution in [-0.2, 0) is 0 Å². The standard InChI is InChI=1S/3C6H6.C4H8.Sn/c3*1-2-4-6-5-3-1;1-3-4-2;/h3*1-6H;3H,1,4H2,2H3;. The normalized spacial score (nSPS) is 7.35. The molecule has 3 aromatic carbocycles. The summed E-state index contributed by atoms with van der Waals surface area (Å²) in [6.45, 7) is 5.54. The molecule has 118 valence electrons. The number of hydrogen-bond donors (Lipinski definition) is 0. The van der Waals surface area contributed by atoms with Crippen molar-refractivity contribution in [1.29, 1.82) is 0 Å². The summed E-state index contributed by atoms with van der Waals surface area (Å²) in [5.74, 6) is 0. The molecule has 0 atom stereocenters. The number of benzene rings is 3. The Labute approximate surface area is 158 Å². The topological polar surface area (TPSA) is 0 Å². The zero-order chi connectivity index (χ0) is 16.1. The van der Waals surface area contributed by atoms with Crippen molar-refractivity contribution in [3.05, 3.63) is 122 Å². The van der Waals surface area contributed by atoms with E-state index in [-0.39, 0.29) is 23.9 Å². The van der Waals surface area contributed by atoms with Crippen molar-refractivity contribution >= 4 is 23.9 Å². The Morgan fingerprint density at radius 2 is 0.565 bits per heavy atom. The predicted molar refractivity (Wildman–Crippen MR) is 106 cm³/mol. The molecule has 0 bridgehead atoms. The second kappa shape index (κ2) is 22.5. The molecule has 0 spiro atoms. The van der Waals surface area contributed by atoms with Crippen molar-refractivity contribution in [3.8, 4) is 0 Å². The van der Waals surface area contributed by atoms with E-state index in [1.54, 1.807) is 0 Å². The van der Waals surface area contributed by atoms with E-state index in [2.05, 4.69) is 13.5 Å². The van der Waals surface area contributed by atoms with E-state index in [9.17, 15) is 0 Å². The number of allylic oxidation sites excluding steroid dienone is 1. The Balaban J connectivity index is 0. The van der Waals surface area contributed by atoms with Gasteiger partial charge in [-0.1, -0.05) is 122 Å². The average Bonchev–Trinajstić information content (AvgIpc) is 2.67. The molecule has 1 heteroatoms. The molecule has 3 rings (SSSR count). The van der Waals surface area contributed by atoms with Gasteiger partial charge in [0.15, 0.2) is 0 Å². The van der Waals surface area contributed by atoms with Gasteiger partial charge in [0, 0.05) is 23.9 Å². The first-order valence-electron chi connectivity index (χ1n) is 7.52. The molecule has 0 aliphatic carbocycles. The second-order valence-electron chi connectivity index (χ2n) is 4.16. The van der Waals surface area contributed by atoms with Gasteiger partial charge in [-0.2, -0.15) is 0 Å². The van der Waals surface area contributed by atoms with Crippen LogP contribution in [0.5, 0.6) is 0 Å². The Hall–Kier alpha value is -1.80. The Bertz CT molecular complexity index is 351. The second-order valence-corrected chi connectivity index (χ2v) is 4.16. The molecule has 0 saturated heterocycles. The van der Waals surface area contributed by atoms with Gasteiger partial charge >= 0.3 is 0 Å². The molecule has 0 aliphatic rings. The molecule has 3 aromatic rings. The molecule has 0 nitrogen and oxygen atoms in total. The minimum Gasteiger partial charge on any atom is -0.103 e. The van der Waals surface area contributed by atoms with Crippen LogP contribution in [-0.4, -0.2) is 23.9 Å². The maximum atomic E-state index is 3.48. The number of rotatable bonds is 1. The maximum absolute atomic E-state index is 3.48. The molecule has 0 fully saturated rings. The third-order valence-electron chi connectivity index (χ3n) is 2.29. The van der Waals surface area contributed by atoms with Crippen molar-refractivity contribution in [2.75, 3.05) is 0 Å². The largest absolute Gasteiger partial charge is 0.103 e. The van der Waals surface area contributed by atoms with E-state index < -0.39 is 0 Å². The Kier molecular flexibility index (Phi) is 22.9. The quantitative estimate of drug-likeness (QED) is 0.329. The van der Waals surface area contributed by atoms with Crippen LogP contribution in [0.15, 0.2) is 122 Å². The van der Waals surface area contributed by atoms with Gasteiger partial charge in [0.25, 0.3) is 0 Å². The van der Waals surface area contributed by atoms with Crippen LogP contribution in [0.4, 0.5) is 0 Å². The fourth-order valence-corrected chi connectivity index (χ4v) is 1.15. The average molecular weight is 409 g/mol. The van der Waals surface area contributed by atoms with E-state index in [1.165, 1.54) is 0 Å². The molecular formula is C22H26Sn. The van der Waals surface area contributed by atoms with Crippen LogP contribution in [0.25, 0.3) is 0 Å². The molecule has 0 saturated carbocycles. The summed E-state index contributed by atoms with van der Waals surface area (Å²) >= 11 is 0. The Morgan fingerprint density at radius 1 is 0.478 bits per heavy atom. The van der Waals surface area contributed by atoms with Crippen LogP contribution in [0, 0.1) is 0 Å². The van der Waals surface area contributed by atoms with Gasteiger partial charge in [-0.25, -0.2) is 0 Å². The first kappa shape index (κ1) is 23.5. The van der Waals surface area contributed by atoms with Gasteiger partial charge in [-0.05, 0) is 6.42 Å². The predicted octanol–water partition coefficient (Wildman–Crippen LogP) is 6.26. The third-order valence-corrected chi connectivity index (χ3v) is 2.29. The van der Waals surface area contributed by atoms with Crippen LogP contribution in [0.2, 0.25) is 0 Å². The smallest absolute Gasteiger partial charge is 0 e. The van der Waals surface area contributed by atoms with Crippen LogP contribution >= 0.6 is 0 Å². The fourth-order valence-electron chi connectivity index (χ4n) is 1.15. The molecule has 0 aromatic heterocycles. The van der Waals surface area contributed by atoms with Gasteiger partial charge in [-0.3, -0.25) is 0 Å². The van der Waals surface area contributed by atoms with Crippen molar-refractivity contribution in [1.82, 2.24) is 0 Å². The Morgan fingerprint density at radius 3 is 0.609 bits per heavy atom. The molecule has 23 heavy (non-hydrogen) atoms. The zero-order valence-corrected chi connectivity index (χ0v) is 16.7. The molecular weight excluding hydrogens is 383 g/mol. The SMILES string of the molecule is C=CCC.[Sn].c1ccccc1.c1ccccc1.c1ccccc1. The van der Waals surface area contributed by atoms with Gasteiger partial charge in [0.05, 0.1) is 0 Å². The number of hydrogen-bond acceptors (Lipinski definition) is 0. The van der Waals surface area contributed by atoms with Crippen molar-refractivity contribution in [3.63, 3.8) is 0 Å². The minimum absolute atomic E-state index is 0. The molecule has 0 aliphatic heterocycles. The third kappa shape index (κ3) is 22.6. The zero-order valence-electron chi connectivity index (χ0n) is 13.9. The summed E-state index contributed by atoms with van der Waals surface area (Å²) in [5, 5.41) is 0. The maximum Gasteiger partial charge on any atom is 0 e. The van der Waals surface area contributed by atoms with Crippen LogP contribution in [0.3, 0.4) is 0 Å². The molecule has 0 N–H and O–H groups in total. The first-order chi connectivity index (χ1) is 10.9. The van der Waals surface area contributed by atoms with E-state index in [4.69, 9.17) is 0 Å². The van der Waals surface area contributed by atoms with Crippen molar-refractivity contribution in [2.24, 2.45) is 0 Å². The first-order valence-corrected chi connectivity index (χ1v) is 7.52. The van der Waals surface area contributed by atoms with E-state index >= 15 is 0 Å². The van der Waals surface area contributed by atoms with Gasteiger partial charge in [0.1, 0.15) is 0 Å². The molecule has 0 unspecified atom stereocenters. The van der Waals surface area contributed by atoms with Crippen molar-refractivity contribution < 1.29 is 0 Å². The van der Waals surface area contributed by atoms with Crippen LogP contribution < -0.4 is 0 Å². The van der Waals surface area contributed by atoms with E-state index in [0.717, 1.165) is 6.42 Å². The molecule has 0 amide bonds. The van der Waals surface area contributed by atoms with Crippen LogP contribution in [0.1, 0.15) is 13.3 Å². The van der Waals surface area contributed by atoms with E-state index in [0.29, 0.717) is 0 Å². The fraction of sp³-hybridized carbons (Fsp3) is 0.0909. The summed E-state index contributed by atoms with van der Waals surface area (Å²) < 4.78 is 0. The molecule has 4 radical (unpaired) electrons. The monoisotopic (exact) mass is 410 g/mol. The summed E-state index contributed by atoms with van der Waals surface area (Å²) in [6, 6.07) is 36.0. The molecule has 0 heterocycles. The minimum atomic E-state index is 0. The summed E-state index contributed by atoms with van der Waals surface area (Å²) in [7, 11) is 0. The van der Waals surface area contributed by atoms with E-state index in [1.807, 2.05) is 115 Å². The summed E-state index contributed by atoms with van der Waals surface area (Å²) in [5.41, 5.74) is 0. The van der Waals surface area contributed by atoms with Gasteiger partial charge < -0.3 is 0 Å². The van der Waals surface area contributed by atoms with Gasteiger partial charge in [-0.15, -0.1) is 6.58 Å². The van der Waals surface area contributed by atoms with Crippen molar-refractivity contribution in [2.45, 2.75) is 13.3 Å². The summed E-state index contributed by atoms with van der Waals surface area (Å²) in [6.07, 6.45) is 2.96. The summed E-state index contributed by atoms with van der Waals surface area (Å²) in [4.78, 5) is 0. The van der Waals surface area contributed by atoms with Gasteiger partial charge in [0.2, 0.25) is 0 Å².